The van der Waals surface area contributed by atoms with Gasteiger partial charge in [-0.2, -0.15) is 0 Å². The molecule has 4 fully saturated rings. The Kier molecular flexibility index (Phi) is 3.29. The van der Waals surface area contributed by atoms with Crippen molar-refractivity contribution in [2.45, 2.75) is 77.1 Å². The van der Waals surface area contributed by atoms with Crippen molar-refractivity contribution in [2.75, 3.05) is 6.61 Å². The summed E-state index contributed by atoms with van der Waals surface area (Å²) in [5.41, 5.74) is -2.57. The Hall–Kier alpha value is -0.870. The Morgan fingerprint density at radius 1 is 1.08 bits per heavy atom. The summed E-state index contributed by atoms with van der Waals surface area (Å²) in [6.07, 6.45) is 5.82. The van der Waals surface area contributed by atoms with Crippen molar-refractivity contribution < 1.29 is 19.4 Å². The average Bonchev–Trinajstić information content (AvgIpc) is 2.89. The van der Waals surface area contributed by atoms with Crippen LogP contribution < -0.4 is 0 Å². The molecule has 2 heterocycles. The van der Waals surface area contributed by atoms with Gasteiger partial charge >= 0.3 is 5.97 Å². The summed E-state index contributed by atoms with van der Waals surface area (Å²) >= 11 is 0. The molecule has 1 N–H and O–H groups in total. The van der Waals surface area contributed by atoms with Crippen LogP contribution >= 0.6 is 0 Å². The summed E-state index contributed by atoms with van der Waals surface area (Å²) in [5.74, 6) is 0.0125. The number of cyclic esters (lactones) is 1. The number of carbonyl (C=O) groups excluding carboxylic acids is 1. The highest BCUT2D eigenvalue weighted by Crippen LogP contribution is 2.73. The Balaban J connectivity index is 1.82. The lowest BCUT2D eigenvalue weighted by Gasteiger charge is -2.61. The van der Waals surface area contributed by atoms with Crippen LogP contribution in [0.2, 0.25) is 0 Å². The standard InChI is InChI=1S/C21H32O4/c1-7-18(4)10-8-14-19(5,25-18)11-9-13-17(2,3)21(23)15(20(13,14)6)12-24-16(21)22/h7,13-15,23H,1,8-12H2,2-6H3. The molecule has 0 radical (unpaired) electrons. The number of fused-ring (bicyclic) bond motifs is 5. The molecule has 0 aromatic carbocycles. The molecule has 0 amide bonds. The number of hydrogen-bond donors (Lipinski definition) is 1. The number of carbonyl (C=O) groups is 1. The second-order valence-electron chi connectivity index (χ2n) is 10.1. The lowest BCUT2D eigenvalue weighted by molar-refractivity contribution is -0.243. The van der Waals surface area contributed by atoms with Gasteiger partial charge in [0, 0.05) is 11.3 Å². The van der Waals surface area contributed by atoms with Crippen molar-refractivity contribution in [1.29, 1.82) is 0 Å². The summed E-state index contributed by atoms with van der Waals surface area (Å²) in [6.45, 7) is 15.0. The maximum Gasteiger partial charge on any atom is 0.339 e. The number of ether oxygens (including phenoxy) is 2. The molecular weight excluding hydrogens is 316 g/mol. The third-order valence-corrected chi connectivity index (χ3v) is 8.80. The number of rotatable bonds is 1. The smallest absolute Gasteiger partial charge is 0.339 e. The van der Waals surface area contributed by atoms with Crippen LogP contribution in [-0.2, 0) is 14.3 Å². The summed E-state index contributed by atoms with van der Waals surface area (Å²) in [5, 5.41) is 11.5. The van der Waals surface area contributed by atoms with Gasteiger partial charge in [0.25, 0.3) is 0 Å². The summed E-state index contributed by atoms with van der Waals surface area (Å²) in [6, 6.07) is 0. The van der Waals surface area contributed by atoms with E-state index in [2.05, 4.69) is 41.2 Å². The fourth-order valence-corrected chi connectivity index (χ4v) is 7.48. The zero-order chi connectivity index (χ0) is 18.5. The number of aliphatic hydroxyl groups is 1. The van der Waals surface area contributed by atoms with Crippen molar-refractivity contribution in [3.8, 4) is 0 Å². The maximum atomic E-state index is 12.6. The van der Waals surface area contributed by atoms with Crippen LogP contribution in [0.15, 0.2) is 12.7 Å². The highest BCUT2D eigenvalue weighted by atomic mass is 16.6. The first-order valence-electron chi connectivity index (χ1n) is 9.69. The quantitative estimate of drug-likeness (QED) is 0.582. The van der Waals surface area contributed by atoms with Crippen molar-refractivity contribution in [3.63, 3.8) is 0 Å². The van der Waals surface area contributed by atoms with Crippen molar-refractivity contribution in [3.05, 3.63) is 12.7 Å². The molecule has 140 valence electrons. The van der Waals surface area contributed by atoms with Crippen LogP contribution in [0.4, 0.5) is 0 Å². The van der Waals surface area contributed by atoms with Gasteiger partial charge in [0.2, 0.25) is 0 Å². The highest BCUT2D eigenvalue weighted by Gasteiger charge is 2.79. The van der Waals surface area contributed by atoms with Gasteiger partial charge in [0.1, 0.15) is 0 Å². The first-order chi connectivity index (χ1) is 11.5. The molecular formula is C21H32O4. The molecule has 4 aliphatic rings. The van der Waals surface area contributed by atoms with Gasteiger partial charge in [-0.15, -0.1) is 6.58 Å². The first kappa shape index (κ1) is 17.5. The average molecular weight is 348 g/mol. The molecule has 2 aliphatic carbocycles. The van der Waals surface area contributed by atoms with Crippen LogP contribution in [0.5, 0.6) is 0 Å². The van der Waals surface area contributed by atoms with E-state index in [0.717, 1.165) is 25.7 Å². The molecule has 0 aromatic rings. The zero-order valence-corrected chi connectivity index (χ0v) is 16.2. The van der Waals surface area contributed by atoms with E-state index in [1.807, 2.05) is 6.08 Å². The predicted octanol–water partition coefficient (Wildman–Crippen LogP) is 3.48. The van der Waals surface area contributed by atoms with Gasteiger partial charge in [0.15, 0.2) is 5.60 Å². The van der Waals surface area contributed by atoms with E-state index >= 15 is 0 Å². The zero-order valence-electron chi connectivity index (χ0n) is 16.2. The van der Waals surface area contributed by atoms with E-state index < -0.39 is 17.0 Å². The third kappa shape index (κ3) is 1.78. The SMILES string of the molecule is C=CC1(C)CCC2C(C)(CCC3C2(C)C2COC(=O)C2(O)C3(C)C)O1. The van der Waals surface area contributed by atoms with Crippen molar-refractivity contribution >= 4 is 5.97 Å². The van der Waals surface area contributed by atoms with Crippen molar-refractivity contribution in [2.24, 2.45) is 28.6 Å². The summed E-state index contributed by atoms with van der Waals surface area (Å²) in [7, 11) is 0. The molecule has 0 spiro atoms. The Morgan fingerprint density at radius 2 is 1.72 bits per heavy atom. The molecule has 4 nitrogen and oxygen atoms in total. The molecule has 0 bridgehead atoms. The maximum absolute atomic E-state index is 12.6. The fourth-order valence-electron chi connectivity index (χ4n) is 7.48. The van der Waals surface area contributed by atoms with E-state index in [-0.39, 0.29) is 28.5 Å². The van der Waals surface area contributed by atoms with Crippen LogP contribution in [0.25, 0.3) is 0 Å². The Morgan fingerprint density at radius 3 is 2.36 bits per heavy atom. The predicted molar refractivity (Wildman–Crippen MR) is 94.8 cm³/mol. The van der Waals surface area contributed by atoms with Crippen LogP contribution in [-0.4, -0.2) is 34.5 Å². The van der Waals surface area contributed by atoms with E-state index in [0.29, 0.717) is 12.5 Å². The monoisotopic (exact) mass is 348 g/mol. The summed E-state index contributed by atoms with van der Waals surface area (Å²) < 4.78 is 12.0. The molecule has 0 aromatic heterocycles. The minimum atomic E-state index is -1.38. The van der Waals surface area contributed by atoms with E-state index in [4.69, 9.17) is 9.47 Å². The molecule has 4 heteroatoms. The number of hydrogen-bond acceptors (Lipinski definition) is 4. The fraction of sp³-hybridized carbons (Fsp3) is 0.857. The minimum Gasteiger partial charge on any atom is -0.463 e. The topological polar surface area (TPSA) is 55.8 Å². The molecule has 7 unspecified atom stereocenters. The summed E-state index contributed by atoms with van der Waals surface area (Å²) in [4.78, 5) is 12.6. The van der Waals surface area contributed by atoms with Gasteiger partial charge in [0.05, 0.1) is 17.8 Å². The third-order valence-electron chi connectivity index (χ3n) is 8.80. The molecule has 2 aliphatic heterocycles. The largest absolute Gasteiger partial charge is 0.463 e. The lowest BCUT2D eigenvalue weighted by atomic mass is 9.50. The van der Waals surface area contributed by atoms with E-state index in [9.17, 15) is 9.90 Å². The molecule has 7 atom stereocenters. The van der Waals surface area contributed by atoms with Crippen LogP contribution in [0, 0.1) is 28.6 Å². The van der Waals surface area contributed by atoms with Crippen molar-refractivity contribution in [1.82, 2.24) is 0 Å². The van der Waals surface area contributed by atoms with Crippen LogP contribution in [0.3, 0.4) is 0 Å². The normalized spacial score (nSPS) is 56.6. The molecule has 2 saturated carbocycles. The Bertz CT molecular complexity index is 642. The van der Waals surface area contributed by atoms with Crippen LogP contribution in [0.1, 0.15) is 60.3 Å². The van der Waals surface area contributed by atoms with E-state index in [1.54, 1.807) is 0 Å². The molecule has 2 saturated heterocycles. The lowest BCUT2D eigenvalue weighted by Crippen LogP contribution is -2.61. The van der Waals surface area contributed by atoms with E-state index in [1.165, 1.54) is 0 Å². The Labute approximate surface area is 151 Å². The second-order valence-corrected chi connectivity index (χ2v) is 10.1. The molecule has 25 heavy (non-hydrogen) atoms. The molecule has 4 rings (SSSR count). The van der Waals surface area contributed by atoms with Gasteiger partial charge in [-0.3, -0.25) is 0 Å². The van der Waals surface area contributed by atoms with Gasteiger partial charge < -0.3 is 14.6 Å². The highest BCUT2D eigenvalue weighted by molar-refractivity contribution is 5.84. The minimum absolute atomic E-state index is 0.159. The first-order valence-corrected chi connectivity index (χ1v) is 9.69. The van der Waals surface area contributed by atoms with Gasteiger partial charge in [-0.1, -0.05) is 26.8 Å². The van der Waals surface area contributed by atoms with Gasteiger partial charge in [-0.25, -0.2) is 4.79 Å². The van der Waals surface area contributed by atoms with Gasteiger partial charge in [-0.05, 0) is 56.8 Å². The number of esters is 1. The second kappa shape index (κ2) is 4.69.